The summed E-state index contributed by atoms with van der Waals surface area (Å²) in [4.78, 5) is 9.87. The van der Waals surface area contributed by atoms with Gasteiger partial charge in [-0.2, -0.15) is 0 Å². The van der Waals surface area contributed by atoms with Crippen molar-refractivity contribution >= 4 is 11.4 Å². The highest BCUT2D eigenvalue weighted by molar-refractivity contribution is 5.48. The Morgan fingerprint density at radius 3 is 1.15 bits per heavy atom. The van der Waals surface area contributed by atoms with Crippen molar-refractivity contribution in [2.45, 2.75) is 189 Å². The first kappa shape index (κ1) is 43.0. The van der Waals surface area contributed by atoms with E-state index in [1.54, 1.807) is 0 Å². The normalized spacial score (nSPS) is 15.6. The average molecular weight is 651 g/mol. The predicted octanol–water partition coefficient (Wildman–Crippen LogP) is 11.5. The zero-order valence-electron chi connectivity index (χ0n) is 33.5. The van der Waals surface area contributed by atoms with Crippen molar-refractivity contribution in [2.24, 2.45) is 0 Å². The third kappa shape index (κ3) is 16.3. The Kier molecular flexibility index (Phi) is 21.3. The van der Waals surface area contributed by atoms with Crippen LogP contribution < -0.4 is 9.80 Å². The zero-order chi connectivity index (χ0) is 35.5. The molecule has 0 atom stereocenters. The van der Waals surface area contributed by atoms with Crippen LogP contribution in [-0.2, 0) is 0 Å². The number of anilines is 2. The molecule has 2 fully saturated rings. The van der Waals surface area contributed by atoms with E-state index in [4.69, 9.17) is 0 Å². The van der Waals surface area contributed by atoms with Gasteiger partial charge in [-0.1, -0.05) is 68.5 Å². The van der Waals surface area contributed by atoms with Crippen LogP contribution >= 0.6 is 0 Å². The highest BCUT2D eigenvalue weighted by Gasteiger charge is 2.23. The molecular weight excluding hydrogens is 573 g/mol. The van der Waals surface area contributed by atoms with Crippen molar-refractivity contribution in [3.05, 3.63) is 60.7 Å². The van der Waals surface area contributed by atoms with Gasteiger partial charge in [-0.25, -0.2) is 0 Å². The monoisotopic (exact) mass is 651 g/mol. The highest BCUT2D eigenvalue weighted by Crippen LogP contribution is 2.29. The molecule has 0 saturated heterocycles. The minimum Gasteiger partial charge on any atom is -0.367 e. The van der Waals surface area contributed by atoms with Crippen molar-refractivity contribution in [1.29, 1.82) is 0 Å². The fourth-order valence-corrected chi connectivity index (χ4v) is 7.01. The molecule has 270 valence electrons. The second-order valence-corrected chi connectivity index (χ2v) is 15.6. The van der Waals surface area contributed by atoms with Crippen LogP contribution in [0.1, 0.15) is 141 Å². The van der Waals surface area contributed by atoms with E-state index in [9.17, 15) is 0 Å². The van der Waals surface area contributed by atoms with Gasteiger partial charge >= 0.3 is 0 Å². The number of nitrogens with zero attached hydrogens (tertiary/aromatic N) is 4. The lowest BCUT2D eigenvalue weighted by Gasteiger charge is -2.39. The highest BCUT2D eigenvalue weighted by atomic mass is 15.2. The molecule has 2 aromatic rings. The van der Waals surface area contributed by atoms with E-state index in [2.05, 4.69) is 177 Å². The number of benzene rings is 2. The van der Waals surface area contributed by atoms with Gasteiger partial charge < -0.3 is 19.6 Å². The van der Waals surface area contributed by atoms with E-state index < -0.39 is 0 Å². The molecule has 4 rings (SSSR count). The van der Waals surface area contributed by atoms with Crippen molar-refractivity contribution in [1.82, 2.24) is 9.80 Å². The molecule has 0 amide bonds. The summed E-state index contributed by atoms with van der Waals surface area (Å²) in [6, 6.07) is 26.9. The Hall–Kier alpha value is -2.04. The molecule has 0 N–H and O–H groups in total. The smallest absolute Gasteiger partial charge is 0.0371 e. The van der Waals surface area contributed by atoms with Gasteiger partial charge in [0.1, 0.15) is 0 Å². The van der Waals surface area contributed by atoms with Crippen molar-refractivity contribution in [3.63, 3.8) is 0 Å². The van der Waals surface area contributed by atoms with Gasteiger partial charge in [0, 0.05) is 59.7 Å². The van der Waals surface area contributed by atoms with Crippen molar-refractivity contribution < 1.29 is 0 Å². The molecule has 4 heteroatoms. The summed E-state index contributed by atoms with van der Waals surface area (Å²) in [5.41, 5.74) is 2.71. The Balaban J connectivity index is 0.000000324. The Labute approximate surface area is 294 Å². The summed E-state index contributed by atoms with van der Waals surface area (Å²) in [5.74, 6) is 0. The summed E-state index contributed by atoms with van der Waals surface area (Å²) in [7, 11) is 4.40. The molecular formula is C43H78N4. The molecule has 2 saturated carbocycles. The molecule has 0 aromatic heterocycles. The molecule has 0 aliphatic heterocycles. The quantitative estimate of drug-likeness (QED) is 0.254. The average Bonchev–Trinajstić information content (AvgIpc) is 3.57. The van der Waals surface area contributed by atoms with Gasteiger partial charge in [-0.15, -0.1) is 0 Å². The number of para-hydroxylation sites is 2. The first-order valence-electron chi connectivity index (χ1n) is 19.3. The maximum absolute atomic E-state index is 2.61. The van der Waals surface area contributed by atoms with Gasteiger partial charge in [-0.05, 0) is 147 Å². The summed E-state index contributed by atoms with van der Waals surface area (Å²) >= 11 is 0. The second-order valence-electron chi connectivity index (χ2n) is 15.6. The van der Waals surface area contributed by atoms with E-state index in [1.165, 1.54) is 69.2 Å². The van der Waals surface area contributed by atoms with Gasteiger partial charge in [0.2, 0.25) is 0 Å². The summed E-state index contributed by atoms with van der Waals surface area (Å²) in [6.45, 7) is 26.9. The third-order valence-corrected chi connectivity index (χ3v) is 10.1. The van der Waals surface area contributed by atoms with E-state index in [1.807, 2.05) is 0 Å². The lowest BCUT2D eigenvalue weighted by molar-refractivity contribution is 0.198. The fourth-order valence-electron chi connectivity index (χ4n) is 7.01. The molecule has 2 aliphatic rings. The lowest BCUT2D eigenvalue weighted by atomic mass is 9.93. The maximum atomic E-state index is 2.61. The second kappa shape index (κ2) is 23.3. The molecule has 0 unspecified atom stereocenters. The minimum absolute atomic E-state index is 0.558. The van der Waals surface area contributed by atoms with E-state index >= 15 is 0 Å². The van der Waals surface area contributed by atoms with E-state index in [0.29, 0.717) is 30.2 Å². The zero-order valence-corrected chi connectivity index (χ0v) is 33.5. The largest absolute Gasteiger partial charge is 0.367 e. The van der Waals surface area contributed by atoms with Crippen LogP contribution in [0.25, 0.3) is 0 Å². The van der Waals surface area contributed by atoms with E-state index in [-0.39, 0.29) is 0 Å². The molecule has 0 bridgehead atoms. The topological polar surface area (TPSA) is 13.0 Å². The summed E-state index contributed by atoms with van der Waals surface area (Å²) in [6.07, 6.45) is 12.7. The molecule has 0 spiro atoms. The Morgan fingerprint density at radius 1 is 0.426 bits per heavy atom. The van der Waals surface area contributed by atoms with Crippen LogP contribution in [0.3, 0.4) is 0 Å². The molecule has 4 nitrogen and oxygen atoms in total. The predicted molar refractivity (Wildman–Crippen MR) is 213 cm³/mol. The molecule has 2 aliphatic carbocycles. The lowest BCUT2D eigenvalue weighted by Crippen LogP contribution is -2.41. The third-order valence-electron chi connectivity index (χ3n) is 10.1. The van der Waals surface area contributed by atoms with Crippen LogP contribution in [0.5, 0.6) is 0 Å². The summed E-state index contributed by atoms with van der Waals surface area (Å²) < 4.78 is 0. The molecule has 2 aromatic carbocycles. The summed E-state index contributed by atoms with van der Waals surface area (Å²) in [5, 5.41) is 0. The molecule has 0 heterocycles. The first-order chi connectivity index (χ1) is 22.2. The SMILES string of the molecule is CC(C)N(C)C(C)C.CC(C)N(C)C1CCCC1.CC(C)N(c1ccccc1)C(C)C.CC(C)N(c1ccccc1)C1CCCCC1. The fraction of sp³-hybridized carbons (Fsp3) is 0.721. The van der Waals surface area contributed by atoms with Gasteiger partial charge in [0.15, 0.2) is 0 Å². The van der Waals surface area contributed by atoms with Crippen molar-refractivity contribution in [2.75, 3.05) is 23.9 Å². The van der Waals surface area contributed by atoms with Crippen LogP contribution in [-0.4, -0.2) is 72.2 Å². The molecule has 47 heavy (non-hydrogen) atoms. The van der Waals surface area contributed by atoms with Gasteiger partial charge in [0.25, 0.3) is 0 Å². The van der Waals surface area contributed by atoms with Crippen LogP contribution in [0.2, 0.25) is 0 Å². The minimum atomic E-state index is 0.558. The van der Waals surface area contributed by atoms with Crippen LogP contribution in [0.15, 0.2) is 60.7 Å². The van der Waals surface area contributed by atoms with Crippen LogP contribution in [0.4, 0.5) is 11.4 Å². The standard InChI is InChI=1S/C15H23N.C12H19N.C9H19N.C7H17N/c1-13(2)16(14-9-5-3-6-10-14)15-11-7-4-8-12-15;1-10(2)13(11(3)4)12-8-6-5-7-9-12;1-8(2)10(3)9-6-4-5-7-9;1-6(2)8(5)7(3)4/h3,5-6,9-10,13,15H,4,7-8,11-12H2,1-2H3;5-11H,1-4H3;8-9H,4-7H2,1-3H3;6-7H,1-5H3. The number of hydrogen-bond donors (Lipinski definition) is 0. The first-order valence-corrected chi connectivity index (χ1v) is 19.3. The number of hydrogen-bond acceptors (Lipinski definition) is 4. The van der Waals surface area contributed by atoms with Gasteiger partial charge in [-0.3, -0.25) is 0 Å². The molecule has 0 radical (unpaired) electrons. The number of rotatable bonds is 10. The van der Waals surface area contributed by atoms with Crippen molar-refractivity contribution in [3.8, 4) is 0 Å². The Bertz CT molecular complexity index is 973. The Morgan fingerprint density at radius 2 is 0.809 bits per heavy atom. The maximum Gasteiger partial charge on any atom is 0.0371 e. The van der Waals surface area contributed by atoms with Crippen LogP contribution in [0, 0.1) is 0 Å². The van der Waals surface area contributed by atoms with E-state index in [0.717, 1.165) is 18.1 Å². The van der Waals surface area contributed by atoms with Gasteiger partial charge in [0.05, 0.1) is 0 Å².